The van der Waals surface area contributed by atoms with Gasteiger partial charge < -0.3 is 5.32 Å². The Morgan fingerprint density at radius 1 is 1.20 bits per heavy atom. The molecule has 1 nitrogen and oxygen atoms in total. The molecule has 0 spiro atoms. The van der Waals surface area contributed by atoms with Gasteiger partial charge in [-0.1, -0.05) is 18.9 Å². The highest BCUT2D eigenvalue weighted by Gasteiger charge is 2.28. The van der Waals surface area contributed by atoms with Crippen LogP contribution in [-0.2, 0) is 0 Å². The van der Waals surface area contributed by atoms with Gasteiger partial charge in [0.2, 0.25) is 0 Å². The Morgan fingerprint density at radius 2 is 1.90 bits per heavy atom. The van der Waals surface area contributed by atoms with E-state index < -0.39 is 0 Å². The van der Waals surface area contributed by atoms with Crippen LogP contribution in [0.25, 0.3) is 0 Å². The third kappa shape index (κ3) is 4.05. The molecule has 0 radical (unpaired) electrons. The van der Waals surface area contributed by atoms with Gasteiger partial charge in [-0.2, -0.15) is 0 Å². The van der Waals surface area contributed by atoms with E-state index in [1.54, 1.807) is 12.1 Å². The number of rotatable bonds is 3. The van der Waals surface area contributed by atoms with Crippen LogP contribution >= 0.6 is 0 Å². The van der Waals surface area contributed by atoms with Crippen molar-refractivity contribution in [2.24, 2.45) is 5.92 Å². The third-order valence-electron chi connectivity index (χ3n) is 4.43. The fraction of sp³-hybridized carbons (Fsp3) is 0.667. The average molecular weight is 277 g/mol. The largest absolute Gasteiger partial charge is 0.312 e. The van der Waals surface area contributed by atoms with E-state index in [2.05, 4.69) is 26.1 Å². The van der Waals surface area contributed by atoms with E-state index >= 15 is 0 Å². The summed E-state index contributed by atoms with van der Waals surface area (Å²) in [5.41, 5.74) is 2.63. The van der Waals surface area contributed by atoms with Crippen LogP contribution in [0, 0.1) is 18.7 Å². The first-order chi connectivity index (χ1) is 9.37. The molecule has 1 saturated carbocycles. The zero-order chi connectivity index (χ0) is 14.8. The van der Waals surface area contributed by atoms with Crippen LogP contribution in [0.15, 0.2) is 18.2 Å². The number of benzene rings is 1. The van der Waals surface area contributed by atoms with Crippen molar-refractivity contribution in [1.29, 1.82) is 0 Å². The van der Waals surface area contributed by atoms with Gasteiger partial charge in [-0.05, 0) is 82.2 Å². The van der Waals surface area contributed by atoms with Crippen LogP contribution in [0.1, 0.15) is 63.5 Å². The predicted octanol–water partition coefficient (Wildman–Crippen LogP) is 4.80. The zero-order valence-corrected chi connectivity index (χ0v) is 13.3. The van der Waals surface area contributed by atoms with Crippen molar-refractivity contribution in [3.63, 3.8) is 0 Å². The fourth-order valence-electron chi connectivity index (χ4n) is 3.35. The van der Waals surface area contributed by atoms with Crippen molar-refractivity contribution in [3.05, 3.63) is 35.1 Å². The minimum absolute atomic E-state index is 0.119. The van der Waals surface area contributed by atoms with E-state index in [-0.39, 0.29) is 11.4 Å². The number of hydrogen-bond acceptors (Lipinski definition) is 1. The SMILES string of the molecule is Cc1cc(F)ccc1C1CCCCC1CNC(C)(C)C. The maximum atomic E-state index is 13.3. The topological polar surface area (TPSA) is 12.0 Å². The molecule has 0 heterocycles. The molecule has 0 aliphatic heterocycles. The molecule has 1 aromatic rings. The van der Waals surface area contributed by atoms with Crippen molar-refractivity contribution in [2.75, 3.05) is 6.54 Å². The van der Waals surface area contributed by atoms with Gasteiger partial charge in [-0.25, -0.2) is 4.39 Å². The molecule has 0 amide bonds. The summed E-state index contributed by atoms with van der Waals surface area (Å²) in [7, 11) is 0. The van der Waals surface area contributed by atoms with Crippen molar-refractivity contribution < 1.29 is 4.39 Å². The van der Waals surface area contributed by atoms with Gasteiger partial charge in [0.05, 0.1) is 0 Å². The Bertz CT molecular complexity index is 447. The summed E-state index contributed by atoms with van der Waals surface area (Å²) in [5.74, 6) is 1.14. The molecule has 2 unspecified atom stereocenters. The predicted molar refractivity (Wildman–Crippen MR) is 83.6 cm³/mol. The summed E-state index contributed by atoms with van der Waals surface area (Å²) >= 11 is 0. The number of aryl methyl sites for hydroxylation is 1. The standard InChI is InChI=1S/C18H28FN/c1-13-11-15(19)9-10-16(13)17-8-6-5-7-14(17)12-20-18(2,3)4/h9-11,14,17,20H,5-8,12H2,1-4H3. The van der Waals surface area contributed by atoms with Crippen LogP contribution in [0.5, 0.6) is 0 Å². The van der Waals surface area contributed by atoms with E-state index in [9.17, 15) is 4.39 Å². The lowest BCUT2D eigenvalue weighted by Gasteiger charge is -2.35. The molecule has 20 heavy (non-hydrogen) atoms. The molecule has 2 rings (SSSR count). The molecule has 112 valence electrons. The van der Waals surface area contributed by atoms with E-state index in [0.717, 1.165) is 12.1 Å². The summed E-state index contributed by atoms with van der Waals surface area (Å²) in [5, 5.41) is 3.65. The number of nitrogens with one attached hydrogen (secondary N) is 1. The van der Waals surface area contributed by atoms with Crippen LogP contribution in [0.4, 0.5) is 4.39 Å². The summed E-state index contributed by atoms with van der Waals surface area (Å²) in [4.78, 5) is 0. The first kappa shape index (κ1) is 15.5. The van der Waals surface area contributed by atoms with Gasteiger partial charge in [0, 0.05) is 5.54 Å². The minimum atomic E-state index is -0.119. The maximum Gasteiger partial charge on any atom is 0.123 e. The molecule has 1 aliphatic carbocycles. The van der Waals surface area contributed by atoms with Crippen LogP contribution in [-0.4, -0.2) is 12.1 Å². The summed E-state index contributed by atoms with van der Waals surface area (Å²) in [6, 6.07) is 5.30. The van der Waals surface area contributed by atoms with Crippen LogP contribution in [0.2, 0.25) is 0 Å². The highest BCUT2D eigenvalue weighted by Crippen LogP contribution is 2.39. The lowest BCUT2D eigenvalue weighted by molar-refractivity contribution is 0.269. The number of halogens is 1. The molecule has 2 heteroatoms. The van der Waals surface area contributed by atoms with Crippen LogP contribution < -0.4 is 5.32 Å². The van der Waals surface area contributed by atoms with Crippen molar-refractivity contribution in [3.8, 4) is 0 Å². The molecule has 1 aromatic carbocycles. The Balaban J connectivity index is 2.14. The second kappa shape index (κ2) is 6.26. The molecule has 1 fully saturated rings. The van der Waals surface area contributed by atoms with Crippen molar-refractivity contribution in [2.45, 2.75) is 64.8 Å². The van der Waals surface area contributed by atoms with Gasteiger partial charge in [-0.15, -0.1) is 0 Å². The normalized spacial score (nSPS) is 23.9. The fourth-order valence-corrected chi connectivity index (χ4v) is 3.35. The second-order valence-electron chi connectivity index (χ2n) is 7.28. The van der Waals surface area contributed by atoms with Gasteiger partial charge >= 0.3 is 0 Å². The van der Waals surface area contributed by atoms with Gasteiger partial charge in [0.15, 0.2) is 0 Å². The maximum absolute atomic E-state index is 13.3. The van der Waals surface area contributed by atoms with Gasteiger partial charge in [0.1, 0.15) is 5.82 Å². The Morgan fingerprint density at radius 3 is 2.55 bits per heavy atom. The van der Waals surface area contributed by atoms with Gasteiger partial charge in [0.25, 0.3) is 0 Å². The molecule has 2 atom stereocenters. The molecular weight excluding hydrogens is 249 g/mol. The summed E-state index contributed by atoms with van der Waals surface area (Å²) in [6.07, 6.45) is 5.15. The lowest BCUT2D eigenvalue weighted by Crippen LogP contribution is -2.41. The molecule has 1 aliphatic rings. The molecular formula is C18H28FN. The molecule has 0 aromatic heterocycles. The van der Waals surface area contributed by atoms with Crippen molar-refractivity contribution >= 4 is 0 Å². The lowest BCUT2D eigenvalue weighted by atomic mass is 9.74. The smallest absolute Gasteiger partial charge is 0.123 e. The molecule has 1 N–H and O–H groups in total. The highest BCUT2D eigenvalue weighted by molar-refractivity contribution is 5.31. The molecule has 0 bridgehead atoms. The Labute approximate surface area is 123 Å². The van der Waals surface area contributed by atoms with E-state index in [1.165, 1.54) is 31.2 Å². The van der Waals surface area contributed by atoms with Gasteiger partial charge in [-0.3, -0.25) is 0 Å². The highest BCUT2D eigenvalue weighted by atomic mass is 19.1. The minimum Gasteiger partial charge on any atom is -0.312 e. The van der Waals surface area contributed by atoms with Crippen molar-refractivity contribution in [1.82, 2.24) is 5.32 Å². The monoisotopic (exact) mass is 277 g/mol. The zero-order valence-electron chi connectivity index (χ0n) is 13.3. The summed E-state index contributed by atoms with van der Waals surface area (Å²) in [6.45, 7) is 9.75. The Kier molecular flexibility index (Phi) is 4.85. The number of hydrogen-bond donors (Lipinski definition) is 1. The first-order valence-electron chi connectivity index (χ1n) is 7.88. The van der Waals surface area contributed by atoms with E-state index in [1.807, 2.05) is 13.0 Å². The third-order valence-corrected chi connectivity index (χ3v) is 4.43. The first-order valence-corrected chi connectivity index (χ1v) is 7.88. The summed E-state index contributed by atoms with van der Waals surface area (Å²) < 4.78 is 13.3. The van der Waals surface area contributed by atoms with Crippen LogP contribution in [0.3, 0.4) is 0 Å². The van der Waals surface area contributed by atoms with E-state index in [4.69, 9.17) is 0 Å². The second-order valence-corrected chi connectivity index (χ2v) is 7.28. The average Bonchev–Trinajstić information content (AvgIpc) is 2.36. The Hall–Kier alpha value is -0.890. The quantitative estimate of drug-likeness (QED) is 0.837. The molecule has 0 saturated heterocycles. The van der Waals surface area contributed by atoms with E-state index in [0.29, 0.717) is 11.8 Å².